The van der Waals surface area contributed by atoms with E-state index < -0.39 is 35.2 Å². The first-order chi connectivity index (χ1) is 18.0. The van der Waals surface area contributed by atoms with Gasteiger partial charge in [-0.2, -0.15) is 13.2 Å². The molecule has 1 amide bonds. The van der Waals surface area contributed by atoms with Crippen molar-refractivity contribution >= 4 is 34.7 Å². The number of aliphatic hydroxyl groups is 1. The van der Waals surface area contributed by atoms with Gasteiger partial charge in [-0.05, 0) is 42.0 Å². The molecule has 1 aliphatic rings. The molecule has 3 aromatic carbocycles. The molecule has 0 radical (unpaired) electrons. The SMILES string of the molecule is COc1cccc(C2/C(=C(\O)c3cc(Cl)c(OC)cc3OC)C(=O)C(=O)N2c2cccc(C(F)(F)F)c2)c1. The maximum Gasteiger partial charge on any atom is 0.416 e. The number of rotatable bonds is 6. The van der Waals surface area contributed by atoms with Gasteiger partial charge in [0.25, 0.3) is 11.7 Å². The highest BCUT2D eigenvalue weighted by atomic mass is 35.5. The molecule has 38 heavy (non-hydrogen) atoms. The van der Waals surface area contributed by atoms with Crippen LogP contribution in [0.2, 0.25) is 5.02 Å². The number of alkyl halides is 3. The number of hydrogen-bond donors (Lipinski definition) is 1. The number of ether oxygens (including phenoxy) is 3. The van der Waals surface area contributed by atoms with Gasteiger partial charge in [0.1, 0.15) is 23.0 Å². The largest absolute Gasteiger partial charge is 0.507 e. The summed E-state index contributed by atoms with van der Waals surface area (Å²) >= 11 is 6.25. The summed E-state index contributed by atoms with van der Waals surface area (Å²) in [7, 11) is 4.11. The summed E-state index contributed by atoms with van der Waals surface area (Å²) in [4.78, 5) is 27.6. The fourth-order valence-corrected chi connectivity index (χ4v) is 4.49. The second-order valence-corrected chi connectivity index (χ2v) is 8.59. The molecular weight excluding hydrogens is 527 g/mol. The summed E-state index contributed by atoms with van der Waals surface area (Å²) in [5, 5.41) is 11.5. The van der Waals surface area contributed by atoms with Gasteiger partial charge in [-0.3, -0.25) is 14.5 Å². The molecule has 1 saturated heterocycles. The molecule has 11 heteroatoms. The molecule has 7 nitrogen and oxygen atoms in total. The van der Waals surface area contributed by atoms with E-state index in [1.807, 2.05) is 0 Å². The minimum atomic E-state index is -4.69. The fraction of sp³-hybridized carbons (Fsp3) is 0.185. The fourth-order valence-electron chi connectivity index (χ4n) is 4.25. The van der Waals surface area contributed by atoms with Crippen LogP contribution in [0.4, 0.5) is 18.9 Å². The van der Waals surface area contributed by atoms with E-state index in [0.717, 1.165) is 23.1 Å². The molecular formula is C27H21ClF3NO6. The first-order valence-corrected chi connectivity index (χ1v) is 11.4. The van der Waals surface area contributed by atoms with Gasteiger partial charge in [-0.1, -0.05) is 29.8 Å². The number of hydrogen-bond acceptors (Lipinski definition) is 6. The Morgan fingerprint density at radius 1 is 0.921 bits per heavy atom. The molecule has 1 unspecified atom stereocenters. The number of aliphatic hydroxyl groups excluding tert-OH is 1. The van der Waals surface area contributed by atoms with Crippen LogP contribution in [0.3, 0.4) is 0 Å². The summed E-state index contributed by atoms with van der Waals surface area (Å²) in [6, 6.07) is 11.7. The van der Waals surface area contributed by atoms with Crippen molar-refractivity contribution in [1.29, 1.82) is 0 Å². The lowest BCUT2D eigenvalue weighted by Gasteiger charge is -2.26. The predicted octanol–water partition coefficient (Wildman–Crippen LogP) is 6.01. The zero-order chi connectivity index (χ0) is 27.8. The predicted molar refractivity (Wildman–Crippen MR) is 134 cm³/mol. The highest BCUT2D eigenvalue weighted by molar-refractivity contribution is 6.51. The number of carbonyl (C=O) groups excluding carboxylic acids is 2. The van der Waals surface area contributed by atoms with E-state index in [2.05, 4.69) is 0 Å². The second-order valence-electron chi connectivity index (χ2n) is 8.18. The van der Waals surface area contributed by atoms with Crippen LogP contribution in [-0.2, 0) is 15.8 Å². The lowest BCUT2D eigenvalue weighted by atomic mass is 9.94. The molecule has 1 N–H and O–H groups in total. The van der Waals surface area contributed by atoms with Crippen LogP contribution < -0.4 is 19.1 Å². The monoisotopic (exact) mass is 547 g/mol. The summed E-state index contributed by atoms with van der Waals surface area (Å²) < 4.78 is 56.2. The molecule has 198 valence electrons. The van der Waals surface area contributed by atoms with E-state index in [9.17, 15) is 27.9 Å². The van der Waals surface area contributed by atoms with Crippen LogP contribution in [0, 0.1) is 0 Å². The number of benzene rings is 3. The van der Waals surface area contributed by atoms with E-state index in [1.54, 1.807) is 18.2 Å². The Morgan fingerprint density at radius 2 is 1.61 bits per heavy atom. The lowest BCUT2D eigenvalue weighted by molar-refractivity contribution is -0.137. The smallest absolute Gasteiger partial charge is 0.416 e. The number of nitrogens with zero attached hydrogens (tertiary/aromatic N) is 1. The third kappa shape index (κ3) is 4.74. The van der Waals surface area contributed by atoms with Crippen LogP contribution in [0.15, 0.2) is 66.2 Å². The Kier molecular flexibility index (Phi) is 7.28. The van der Waals surface area contributed by atoms with E-state index in [1.165, 1.54) is 45.6 Å². The second kappa shape index (κ2) is 10.3. The molecule has 0 aliphatic carbocycles. The number of ketones is 1. The standard InChI is InChI=1S/C27H21ClF3NO6/c1-36-17-9-4-6-14(10-17)23-22(24(33)18-12-19(28)21(38-3)13-20(18)37-2)25(34)26(35)32(23)16-8-5-7-15(11-16)27(29,30)31/h4-13,23,33H,1-3H3/b24-22+. The molecule has 4 rings (SSSR count). The van der Waals surface area contributed by atoms with Crippen LogP contribution in [-0.4, -0.2) is 38.1 Å². The van der Waals surface area contributed by atoms with Crippen molar-refractivity contribution in [3.05, 3.63) is 87.9 Å². The first kappa shape index (κ1) is 26.9. The van der Waals surface area contributed by atoms with Gasteiger partial charge in [0.05, 0.1) is 49.1 Å². The van der Waals surface area contributed by atoms with Gasteiger partial charge in [0.2, 0.25) is 0 Å². The summed E-state index contributed by atoms with van der Waals surface area (Å²) in [6.07, 6.45) is -4.69. The Morgan fingerprint density at radius 3 is 2.24 bits per heavy atom. The van der Waals surface area contributed by atoms with Crippen molar-refractivity contribution in [2.75, 3.05) is 26.2 Å². The van der Waals surface area contributed by atoms with E-state index >= 15 is 0 Å². The van der Waals surface area contributed by atoms with Gasteiger partial charge in [-0.25, -0.2) is 0 Å². The normalized spacial score (nSPS) is 17.0. The zero-order valence-electron chi connectivity index (χ0n) is 20.3. The molecule has 1 fully saturated rings. The molecule has 0 spiro atoms. The number of methoxy groups -OCH3 is 3. The number of halogens is 4. The maximum atomic E-state index is 13.5. The third-order valence-corrected chi connectivity index (χ3v) is 6.33. The van der Waals surface area contributed by atoms with Crippen molar-refractivity contribution in [1.82, 2.24) is 0 Å². The summed E-state index contributed by atoms with van der Waals surface area (Å²) in [5.74, 6) is -2.19. The van der Waals surface area contributed by atoms with Crippen LogP contribution >= 0.6 is 11.6 Å². The topological polar surface area (TPSA) is 85.3 Å². The molecule has 1 aliphatic heterocycles. The molecule has 1 heterocycles. The van der Waals surface area contributed by atoms with Crippen molar-refractivity contribution in [2.24, 2.45) is 0 Å². The quantitative estimate of drug-likeness (QED) is 0.231. The van der Waals surface area contributed by atoms with Crippen LogP contribution in [0.1, 0.15) is 22.7 Å². The van der Waals surface area contributed by atoms with Gasteiger partial charge in [0.15, 0.2) is 0 Å². The zero-order valence-corrected chi connectivity index (χ0v) is 21.1. The first-order valence-electron chi connectivity index (χ1n) is 11.1. The highest BCUT2D eigenvalue weighted by Crippen LogP contribution is 2.46. The molecule has 0 aromatic heterocycles. The molecule has 0 bridgehead atoms. The summed E-state index contributed by atoms with van der Waals surface area (Å²) in [5.41, 5.74) is -1.28. The lowest BCUT2D eigenvalue weighted by Crippen LogP contribution is -2.29. The highest BCUT2D eigenvalue weighted by Gasteiger charge is 2.48. The van der Waals surface area contributed by atoms with E-state index in [4.69, 9.17) is 25.8 Å². The average molecular weight is 548 g/mol. The maximum absolute atomic E-state index is 13.5. The van der Waals surface area contributed by atoms with Gasteiger partial charge >= 0.3 is 6.18 Å². The molecule has 3 aromatic rings. The number of carbonyl (C=O) groups is 2. The Hall–Kier alpha value is -4.18. The van der Waals surface area contributed by atoms with Crippen molar-refractivity contribution in [2.45, 2.75) is 12.2 Å². The average Bonchev–Trinajstić information content (AvgIpc) is 3.17. The number of amides is 1. The van der Waals surface area contributed by atoms with Crippen molar-refractivity contribution in [3.63, 3.8) is 0 Å². The third-order valence-electron chi connectivity index (χ3n) is 6.03. The minimum Gasteiger partial charge on any atom is -0.507 e. The number of Topliss-reactive ketones (excluding diaryl/α,β-unsaturated/α-hetero) is 1. The van der Waals surface area contributed by atoms with E-state index in [-0.39, 0.29) is 33.3 Å². The van der Waals surface area contributed by atoms with Crippen molar-refractivity contribution in [3.8, 4) is 17.2 Å². The van der Waals surface area contributed by atoms with E-state index in [0.29, 0.717) is 11.3 Å². The Balaban J connectivity index is 2.01. The van der Waals surface area contributed by atoms with Crippen molar-refractivity contribution < 1.29 is 42.1 Å². The molecule has 1 atom stereocenters. The van der Waals surface area contributed by atoms with Gasteiger partial charge in [0, 0.05) is 11.8 Å². The van der Waals surface area contributed by atoms with Crippen LogP contribution in [0.5, 0.6) is 17.2 Å². The molecule has 0 saturated carbocycles. The van der Waals surface area contributed by atoms with Crippen LogP contribution in [0.25, 0.3) is 5.76 Å². The Labute approximate surface area is 220 Å². The summed E-state index contributed by atoms with van der Waals surface area (Å²) in [6.45, 7) is 0. The Bertz CT molecular complexity index is 1450. The van der Waals surface area contributed by atoms with Gasteiger partial charge < -0.3 is 19.3 Å². The van der Waals surface area contributed by atoms with Gasteiger partial charge in [-0.15, -0.1) is 0 Å². The number of anilines is 1. The minimum absolute atomic E-state index is 0.0201.